The van der Waals surface area contributed by atoms with Gasteiger partial charge in [-0.1, -0.05) is 26.0 Å². The second-order valence-corrected chi connectivity index (χ2v) is 3.93. The van der Waals surface area contributed by atoms with E-state index in [1.54, 1.807) is 0 Å². The highest BCUT2D eigenvalue weighted by Crippen LogP contribution is 2.61. The van der Waals surface area contributed by atoms with Crippen molar-refractivity contribution in [2.24, 2.45) is 11.3 Å². The highest BCUT2D eigenvalue weighted by atomic mass is 16.3. The number of aliphatic hydroxyl groups is 1. The molecule has 0 aliphatic heterocycles. The van der Waals surface area contributed by atoms with Crippen LogP contribution < -0.4 is 0 Å². The highest BCUT2D eigenvalue weighted by molar-refractivity contribution is 5.33. The van der Waals surface area contributed by atoms with Crippen molar-refractivity contribution >= 4 is 0 Å². The number of aliphatic hydroxyl groups excluding tert-OH is 1. The minimum atomic E-state index is -0.176. The molecule has 0 bridgehead atoms. The molecule has 0 saturated heterocycles. The van der Waals surface area contributed by atoms with Gasteiger partial charge in [-0.2, -0.15) is 0 Å². The standard InChI is InChI=1S/C10H18O/c1-5-10(4)8(3)9(10)6-7(2)11/h7,9,11H,3,5-6H2,1-2,4H3/t7?,9-,10+/m0/s1. The Kier molecular flexibility index (Phi) is 2.10. The van der Waals surface area contributed by atoms with Gasteiger partial charge in [-0.05, 0) is 31.1 Å². The Labute approximate surface area is 69.1 Å². The average molecular weight is 154 g/mol. The second kappa shape index (κ2) is 2.63. The summed E-state index contributed by atoms with van der Waals surface area (Å²) in [5, 5.41) is 9.17. The predicted octanol–water partition coefficient (Wildman–Crippen LogP) is 2.36. The van der Waals surface area contributed by atoms with Gasteiger partial charge in [0.2, 0.25) is 0 Å². The smallest absolute Gasteiger partial charge is 0.0518 e. The van der Waals surface area contributed by atoms with E-state index in [-0.39, 0.29) is 6.10 Å². The van der Waals surface area contributed by atoms with Crippen molar-refractivity contribution in [3.8, 4) is 0 Å². The molecule has 1 unspecified atom stereocenters. The van der Waals surface area contributed by atoms with Gasteiger partial charge in [0.15, 0.2) is 0 Å². The molecule has 0 aromatic heterocycles. The van der Waals surface area contributed by atoms with Crippen LogP contribution >= 0.6 is 0 Å². The minimum absolute atomic E-state index is 0.176. The van der Waals surface area contributed by atoms with E-state index in [2.05, 4.69) is 20.4 Å². The zero-order valence-electron chi connectivity index (χ0n) is 7.72. The molecule has 0 aromatic rings. The Morgan fingerprint density at radius 1 is 1.73 bits per heavy atom. The zero-order chi connectivity index (χ0) is 8.65. The Morgan fingerprint density at radius 2 is 2.27 bits per heavy atom. The maximum atomic E-state index is 9.17. The Morgan fingerprint density at radius 3 is 2.55 bits per heavy atom. The van der Waals surface area contributed by atoms with E-state index in [4.69, 9.17) is 5.11 Å². The first-order valence-electron chi connectivity index (χ1n) is 4.39. The summed E-state index contributed by atoms with van der Waals surface area (Å²) in [6.45, 7) is 10.3. The molecule has 0 radical (unpaired) electrons. The van der Waals surface area contributed by atoms with Crippen molar-refractivity contribution in [3.05, 3.63) is 12.2 Å². The lowest BCUT2D eigenvalue weighted by molar-refractivity contribution is 0.171. The van der Waals surface area contributed by atoms with E-state index in [0.717, 1.165) is 12.8 Å². The molecule has 1 heteroatoms. The van der Waals surface area contributed by atoms with E-state index < -0.39 is 0 Å². The Balaban J connectivity index is 2.48. The molecule has 1 saturated carbocycles. The van der Waals surface area contributed by atoms with Gasteiger partial charge in [-0.3, -0.25) is 0 Å². The van der Waals surface area contributed by atoms with Gasteiger partial charge in [-0.15, -0.1) is 0 Å². The normalized spacial score (nSPS) is 38.9. The van der Waals surface area contributed by atoms with Crippen molar-refractivity contribution in [3.63, 3.8) is 0 Å². The van der Waals surface area contributed by atoms with Gasteiger partial charge in [0.25, 0.3) is 0 Å². The molecule has 1 rings (SSSR count). The summed E-state index contributed by atoms with van der Waals surface area (Å²) in [5.74, 6) is 0.576. The van der Waals surface area contributed by atoms with Crippen LogP contribution in [0.3, 0.4) is 0 Å². The van der Waals surface area contributed by atoms with E-state index in [0.29, 0.717) is 11.3 Å². The van der Waals surface area contributed by atoms with Crippen LogP contribution in [0, 0.1) is 11.3 Å². The van der Waals surface area contributed by atoms with Crippen LogP contribution in [-0.2, 0) is 0 Å². The molecular formula is C10H18O. The number of hydrogen-bond donors (Lipinski definition) is 1. The molecule has 1 aliphatic rings. The van der Waals surface area contributed by atoms with Crippen LogP contribution in [0.2, 0.25) is 0 Å². The Bertz CT molecular complexity index is 172. The molecule has 0 aromatic carbocycles. The van der Waals surface area contributed by atoms with E-state index in [9.17, 15) is 0 Å². The van der Waals surface area contributed by atoms with E-state index in [1.165, 1.54) is 5.57 Å². The monoisotopic (exact) mass is 154 g/mol. The minimum Gasteiger partial charge on any atom is -0.393 e. The van der Waals surface area contributed by atoms with Crippen LogP contribution in [0.4, 0.5) is 0 Å². The summed E-state index contributed by atoms with van der Waals surface area (Å²) in [7, 11) is 0. The lowest BCUT2D eigenvalue weighted by Gasteiger charge is -2.06. The molecule has 3 atom stereocenters. The topological polar surface area (TPSA) is 20.2 Å². The highest BCUT2D eigenvalue weighted by Gasteiger charge is 2.52. The fraction of sp³-hybridized carbons (Fsp3) is 0.800. The van der Waals surface area contributed by atoms with Gasteiger partial charge in [0, 0.05) is 0 Å². The number of allylic oxidation sites excluding steroid dienone is 1. The summed E-state index contributed by atoms with van der Waals surface area (Å²) in [5.41, 5.74) is 1.68. The van der Waals surface area contributed by atoms with Crippen LogP contribution in [0.15, 0.2) is 12.2 Å². The van der Waals surface area contributed by atoms with E-state index >= 15 is 0 Å². The molecule has 11 heavy (non-hydrogen) atoms. The van der Waals surface area contributed by atoms with Crippen LogP contribution in [-0.4, -0.2) is 11.2 Å². The van der Waals surface area contributed by atoms with Gasteiger partial charge in [0.05, 0.1) is 6.10 Å². The molecule has 0 heterocycles. The summed E-state index contributed by atoms with van der Waals surface area (Å²) in [6.07, 6.45) is 1.87. The second-order valence-electron chi connectivity index (χ2n) is 3.93. The van der Waals surface area contributed by atoms with E-state index in [1.807, 2.05) is 6.92 Å². The maximum absolute atomic E-state index is 9.17. The molecule has 1 N–H and O–H groups in total. The SMILES string of the molecule is C=C1[C@H](CC(C)O)[C@]1(C)CC. The van der Waals surface area contributed by atoms with Gasteiger partial charge in [0.1, 0.15) is 0 Å². The predicted molar refractivity (Wildman–Crippen MR) is 47.3 cm³/mol. The van der Waals surface area contributed by atoms with Gasteiger partial charge in [-0.25, -0.2) is 0 Å². The summed E-state index contributed by atoms with van der Waals surface area (Å²) in [6, 6.07) is 0. The fourth-order valence-electron chi connectivity index (χ4n) is 1.87. The van der Waals surface area contributed by atoms with Crippen molar-refractivity contribution in [2.75, 3.05) is 0 Å². The van der Waals surface area contributed by atoms with Crippen LogP contribution in [0.25, 0.3) is 0 Å². The maximum Gasteiger partial charge on any atom is 0.0518 e. The lowest BCUT2D eigenvalue weighted by atomic mass is 10.0. The molecule has 64 valence electrons. The van der Waals surface area contributed by atoms with Crippen molar-refractivity contribution in [1.29, 1.82) is 0 Å². The largest absolute Gasteiger partial charge is 0.393 e. The molecule has 0 spiro atoms. The average Bonchev–Trinajstić information content (AvgIpc) is 2.41. The summed E-state index contributed by atoms with van der Waals surface area (Å²) in [4.78, 5) is 0. The first-order chi connectivity index (χ1) is 5.02. The van der Waals surface area contributed by atoms with Crippen molar-refractivity contribution in [1.82, 2.24) is 0 Å². The lowest BCUT2D eigenvalue weighted by Crippen LogP contribution is -2.04. The first-order valence-corrected chi connectivity index (χ1v) is 4.39. The number of rotatable bonds is 3. The first kappa shape index (κ1) is 8.79. The quantitative estimate of drug-likeness (QED) is 0.619. The van der Waals surface area contributed by atoms with Crippen LogP contribution in [0.5, 0.6) is 0 Å². The molecule has 0 amide bonds. The third-order valence-corrected chi connectivity index (χ3v) is 3.15. The van der Waals surface area contributed by atoms with Gasteiger partial charge >= 0.3 is 0 Å². The molecule has 1 fully saturated rings. The molecule has 1 aliphatic carbocycles. The summed E-state index contributed by atoms with van der Waals surface area (Å²) < 4.78 is 0. The van der Waals surface area contributed by atoms with Crippen molar-refractivity contribution < 1.29 is 5.11 Å². The molecular weight excluding hydrogens is 136 g/mol. The molecule has 1 nitrogen and oxygen atoms in total. The third kappa shape index (κ3) is 1.34. The van der Waals surface area contributed by atoms with Crippen molar-refractivity contribution in [2.45, 2.75) is 39.7 Å². The van der Waals surface area contributed by atoms with Gasteiger partial charge < -0.3 is 5.11 Å². The third-order valence-electron chi connectivity index (χ3n) is 3.15. The Hall–Kier alpha value is -0.300. The number of hydrogen-bond acceptors (Lipinski definition) is 1. The fourth-order valence-corrected chi connectivity index (χ4v) is 1.87. The zero-order valence-corrected chi connectivity index (χ0v) is 7.72. The van der Waals surface area contributed by atoms with Crippen LogP contribution in [0.1, 0.15) is 33.6 Å². The summed E-state index contributed by atoms with van der Waals surface area (Å²) >= 11 is 0.